The maximum atomic E-state index is 12.5. The van der Waals surface area contributed by atoms with Crippen LogP contribution >= 0.6 is 0 Å². The summed E-state index contributed by atoms with van der Waals surface area (Å²) in [4.78, 5) is -0.155. The van der Waals surface area contributed by atoms with Crippen molar-refractivity contribution in [2.24, 2.45) is 11.7 Å². The number of alkyl halides is 3. The van der Waals surface area contributed by atoms with Gasteiger partial charge in [-0.3, -0.25) is 0 Å². The largest absolute Gasteiger partial charge is 0.416 e. The second-order valence-corrected chi connectivity index (χ2v) is 7.18. The van der Waals surface area contributed by atoms with Gasteiger partial charge in [-0.1, -0.05) is 0 Å². The van der Waals surface area contributed by atoms with E-state index in [0.717, 1.165) is 37.1 Å². The van der Waals surface area contributed by atoms with Crippen LogP contribution in [0.4, 0.5) is 13.2 Å². The Morgan fingerprint density at radius 3 is 2.19 bits per heavy atom. The van der Waals surface area contributed by atoms with Crippen molar-refractivity contribution in [2.75, 3.05) is 13.6 Å². The van der Waals surface area contributed by atoms with Crippen molar-refractivity contribution in [3.63, 3.8) is 0 Å². The number of halogens is 3. The molecule has 0 amide bonds. The molecule has 0 bridgehead atoms. The van der Waals surface area contributed by atoms with Gasteiger partial charge in [0.25, 0.3) is 0 Å². The van der Waals surface area contributed by atoms with Gasteiger partial charge in [-0.05, 0) is 43.0 Å². The molecule has 0 spiro atoms. The molecule has 0 saturated heterocycles. The van der Waals surface area contributed by atoms with Crippen molar-refractivity contribution in [1.82, 2.24) is 4.31 Å². The zero-order valence-corrected chi connectivity index (χ0v) is 12.3. The van der Waals surface area contributed by atoms with Gasteiger partial charge in [-0.25, -0.2) is 8.42 Å². The number of rotatable bonds is 5. The van der Waals surface area contributed by atoms with E-state index >= 15 is 0 Å². The van der Waals surface area contributed by atoms with Crippen LogP contribution in [0, 0.1) is 5.92 Å². The number of hydrogen-bond acceptors (Lipinski definition) is 3. The van der Waals surface area contributed by atoms with Crippen LogP contribution in [0.5, 0.6) is 0 Å². The molecule has 2 N–H and O–H groups in total. The van der Waals surface area contributed by atoms with Crippen molar-refractivity contribution in [1.29, 1.82) is 0 Å². The van der Waals surface area contributed by atoms with Crippen LogP contribution in [0.25, 0.3) is 0 Å². The maximum Gasteiger partial charge on any atom is 0.416 e. The number of benzene rings is 1. The summed E-state index contributed by atoms with van der Waals surface area (Å²) in [6.45, 7) is 0.195. The summed E-state index contributed by atoms with van der Waals surface area (Å²) in [5.74, 6) is 0.240. The third-order valence-electron chi connectivity index (χ3n) is 3.73. The van der Waals surface area contributed by atoms with Crippen LogP contribution in [0.15, 0.2) is 29.2 Å². The summed E-state index contributed by atoms with van der Waals surface area (Å²) >= 11 is 0. The second-order valence-electron chi connectivity index (χ2n) is 5.18. The van der Waals surface area contributed by atoms with E-state index in [1.165, 1.54) is 11.4 Å². The molecule has 1 aliphatic rings. The summed E-state index contributed by atoms with van der Waals surface area (Å²) < 4.78 is 63.5. The van der Waals surface area contributed by atoms with E-state index < -0.39 is 21.8 Å². The molecule has 1 aromatic rings. The lowest BCUT2D eigenvalue weighted by molar-refractivity contribution is -0.137. The van der Waals surface area contributed by atoms with Crippen molar-refractivity contribution in [3.8, 4) is 0 Å². The first kappa shape index (κ1) is 16.3. The molecule has 1 saturated carbocycles. The van der Waals surface area contributed by atoms with Crippen LogP contribution in [0.3, 0.4) is 0 Å². The molecule has 1 fully saturated rings. The molecule has 4 nitrogen and oxygen atoms in total. The van der Waals surface area contributed by atoms with Gasteiger partial charge in [0.05, 0.1) is 10.5 Å². The Morgan fingerprint density at radius 2 is 1.81 bits per heavy atom. The minimum atomic E-state index is -4.48. The van der Waals surface area contributed by atoms with E-state index in [1.54, 1.807) is 0 Å². The molecule has 0 heterocycles. The number of likely N-dealkylation sites (N-methyl/N-ethyl adjacent to an activating group) is 1. The van der Waals surface area contributed by atoms with Crippen molar-refractivity contribution < 1.29 is 21.6 Å². The SMILES string of the molecule is CN(C(CN)C1CC1)S(=O)(=O)c1ccc(C(F)(F)F)cc1. The Balaban J connectivity index is 2.26. The summed E-state index contributed by atoms with van der Waals surface area (Å²) in [5, 5.41) is 0. The topological polar surface area (TPSA) is 63.4 Å². The average molecular weight is 322 g/mol. The lowest BCUT2D eigenvalue weighted by Crippen LogP contribution is -2.43. The van der Waals surface area contributed by atoms with Crippen LogP contribution in [-0.2, 0) is 16.2 Å². The van der Waals surface area contributed by atoms with Gasteiger partial charge in [-0.15, -0.1) is 0 Å². The first-order valence-electron chi connectivity index (χ1n) is 6.53. The third kappa shape index (κ3) is 3.38. The Morgan fingerprint density at radius 1 is 1.29 bits per heavy atom. The Hall–Kier alpha value is -1.12. The zero-order chi connectivity index (χ0) is 15.8. The third-order valence-corrected chi connectivity index (χ3v) is 5.63. The van der Waals surface area contributed by atoms with Gasteiger partial charge in [0.15, 0.2) is 0 Å². The monoisotopic (exact) mass is 322 g/mol. The van der Waals surface area contributed by atoms with E-state index in [9.17, 15) is 21.6 Å². The van der Waals surface area contributed by atoms with E-state index in [1.807, 2.05) is 0 Å². The smallest absolute Gasteiger partial charge is 0.329 e. The maximum absolute atomic E-state index is 12.5. The molecule has 0 radical (unpaired) electrons. The minimum Gasteiger partial charge on any atom is -0.329 e. The van der Waals surface area contributed by atoms with Crippen molar-refractivity contribution in [3.05, 3.63) is 29.8 Å². The fourth-order valence-corrected chi connectivity index (χ4v) is 3.71. The van der Waals surface area contributed by atoms with Crippen molar-refractivity contribution in [2.45, 2.75) is 30.0 Å². The summed E-state index contributed by atoms with van der Waals surface area (Å²) in [6.07, 6.45) is -2.63. The molecule has 1 unspecified atom stereocenters. The highest BCUT2D eigenvalue weighted by Crippen LogP contribution is 2.36. The van der Waals surface area contributed by atoms with E-state index in [-0.39, 0.29) is 23.4 Å². The first-order valence-corrected chi connectivity index (χ1v) is 7.97. The average Bonchev–Trinajstić information content (AvgIpc) is 3.23. The molecular formula is C13H17F3N2O2S. The van der Waals surface area contributed by atoms with Gasteiger partial charge in [0.1, 0.15) is 0 Å². The predicted molar refractivity (Wildman–Crippen MR) is 72.0 cm³/mol. The summed E-state index contributed by atoms with van der Waals surface area (Å²) in [6, 6.07) is 3.20. The van der Waals surface area contributed by atoms with E-state index in [0.29, 0.717) is 0 Å². The number of nitrogens with zero attached hydrogens (tertiary/aromatic N) is 1. The standard InChI is InChI=1S/C13H17F3N2O2S/c1-18(12(8-17)9-2-3-9)21(19,20)11-6-4-10(5-7-11)13(14,15)16/h4-7,9,12H,2-3,8,17H2,1H3. The van der Waals surface area contributed by atoms with Gasteiger partial charge >= 0.3 is 6.18 Å². The normalized spacial score (nSPS) is 18.0. The molecule has 0 aromatic heterocycles. The molecule has 1 aromatic carbocycles. The van der Waals surface area contributed by atoms with Crippen LogP contribution in [-0.4, -0.2) is 32.4 Å². The Kier molecular flexibility index (Phi) is 4.32. The van der Waals surface area contributed by atoms with Crippen LogP contribution < -0.4 is 5.73 Å². The number of nitrogens with two attached hydrogens (primary N) is 1. The molecule has 1 atom stereocenters. The molecule has 8 heteroatoms. The quantitative estimate of drug-likeness (QED) is 0.902. The van der Waals surface area contributed by atoms with E-state index in [2.05, 4.69) is 0 Å². The first-order chi connectivity index (χ1) is 9.67. The molecule has 0 aliphatic heterocycles. The molecule has 1 aliphatic carbocycles. The lowest BCUT2D eigenvalue weighted by Gasteiger charge is -2.26. The molecule has 2 rings (SSSR count). The summed E-state index contributed by atoms with van der Waals surface area (Å²) in [7, 11) is -2.41. The summed E-state index contributed by atoms with van der Waals surface area (Å²) in [5.41, 5.74) is 4.74. The highest BCUT2D eigenvalue weighted by molar-refractivity contribution is 7.89. The highest BCUT2D eigenvalue weighted by atomic mass is 32.2. The predicted octanol–water partition coefficient (Wildman–Crippen LogP) is 2.06. The fourth-order valence-electron chi connectivity index (χ4n) is 2.28. The minimum absolute atomic E-state index is 0.155. The molecule has 118 valence electrons. The van der Waals surface area contributed by atoms with Gasteiger partial charge in [0, 0.05) is 19.6 Å². The second kappa shape index (κ2) is 5.58. The Labute approximate surface area is 121 Å². The van der Waals surface area contributed by atoms with Crippen LogP contribution in [0.1, 0.15) is 18.4 Å². The molecule has 21 heavy (non-hydrogen) atoms. The van der Waals surface area contributed by atoms with Gasteiger partial charge in [0.2, 0.25) is 10.0 Å². The highest BCUT2D eigenvalue weighted by Gasteiger charge is 2.38. The van der Waals surface area contributed by atoms with Gasteiger partial charge in [-0.2, -0.15) is 17.5 Å². The zero-order valence-electron chi connectivity index (χ0n) is 11.5. The Bertz CT molecular complexity index is 595. The number of sulfonamides is 1. The molecular weight excluding hydrogens is 305 g/mol. The van der Waals surface area contributed by atoms with Gasteiger partial charge < -0.3 is 5.73 Å². The van der Waals surface area contributed by atoms with Crippen molar-refractivity contribution >= 4 is 10.0 Å². The van der Waals surface area contributed by atoms with E-state index in [4.69, 9.17) is 5.73 Å². The van der Waals surface area contributed by atoms with Crippen LogP contribution in [0.2, 0.25) is 0 Å². The fraction of sp³-hybridized carbons (Fsp3) is 0.538. The lowest BCUT2D eigenvalue weighted by atomic mass is 10.2. The number of hydrogen-bond donors (Lipinski definition) is 1.